The number of thiazole rings is 1. The Morgan fingerprint density at radius 1 is 1.24 bits per heavy atom. The van der Waals surface area contributed by atoms with E-state index >= 15 is 0 Å². The van der Waals surface area contributed by atoms with Crippen molar-refractivity contribution < 1.29 is 9.59 Å². The van der Waals surface area contributed by atoms with Crippen molar-refractivity contribution in [2.75, 3.05) is 5.32 Å². The Morgan fingerprint density at radius 2 is 2.00 bits per heavy atom. The van der Waals surface area contributed by atoms with Crippen molar-refractivity contribution >= 4 is 39.3 Å². The largest absolute Gasteiger partial charge is 0.364 e. The van der Waals surface area contributed by atoms with Gasteiger partial charge in [0.25, 0.3) is 17.4 Å². The first-order valence-corrected chi connectivity index (χ1v) is 11.5. The molecular formula is C22H23N7O4S. The minimum absolute atomic E-state index is 0.0417. The Morgan fingerprint density at radius 3 is 2.65 bits per heavy atom. The Hall–Kier alpha value is -4.06. The molecular weight excluding hydrogens is 458 g/mol. The minimum atomic E-state index is -0.675. The highest BCUT2D eigenvalue weighted by molar-refractivity contribution is 7.14. The summed E-state index contributed by atoms with van der Waals surface area (Å²) in [6.07, 6.45) is 2.24. The van der Waals surface area contributed by atoms with Crippen LogP contribution in [0.3, 0.4) is 0 Å². The molecule has 0 bridgehead atoms. The molecule has 4 rings (SSSR count). The third-order valence-electron chi connectivity index (χ3n) is 5.22. The van der Waals surface area contributed by atoms with Crippen molar-refractivity contribution in [1.29, 1.82) is 0 Å². The van der Waals surface area contributed by atoms with Crippen molar-refractivity contribution in [3.8, 4) is 11.3 Å². The maximum atomic E-state index is 13.3. The van der Waals surface area contributed by atoms with Crippen molar-refractivity contribution in [2.45, 2.75) is 39.7 Å². The number of nitrogens with zero attached hydrogens (tertiary/aromatic N) is 3. The van der Waals surface area contributed by atoms with Gasteiger partial charge in [-0.25, -0.2) is 14.8 Å². The van der Waals surface area contributed by atoms with Gasteiger partial charge in [0.15, 0.2) is 10.8 Å². The van der Waals surface area contributed by atoms with Crippen molar-refractivity contribution in [1.82, 2.24) is 24.5 Å². The van der Waals surface area contributed by atoms with Crippen LogP contribution in [0, 0.1) is 0 Å². The van der Waals surface area contributed by atoms with Gasteiger partial charge in [-0.3, -0.25) is 29.3 Å². The van der Waals surface area contributed by atoms with E-state index in [1.807, 2.05) is 20.8 Å². The first-order valence-electron chi connectivity index (χ1n) is 10.6. The number of aromatic amines is 2. The highest BCUT2D eigenvalue weighted by Crippen LogP contribution is 2.27. The molecule has 0 aliphatic carbocycles. The number of aryl methyl sites for hydroxylation is 1. The number of H-pyrrole nitrogens is 2. The van der Waals surface area contributed by atoms with Crippen LogP contribution >= 0.6 is 11.3 Å². The van der Waals surface area contributed by atoms with Crippen LogP contribution in [0.5, 0.6) is 0 Å². The number of nitrogens with two attached hydrogens (primary N) is 1. The smallest absolute Gasteiger partial charge is 0.329 e. The van der Waals surface area contributed by atoms with Gasteiger partial charge in [0.2, 0.25) is 0 Å². The average molecular weight is 482 g/mol. The van der Waals surface area contributed by atoms with Crippen LogP contribution in [-0.4, -0.2) is 36.3 Å². The van der Waals surface area contributed by atoms with Crippen LogP contribution in [0.2, 0.25) is 0 Å². The molecule has 0 atom stereocenters. The second-order valence-electron chi connectivity index (χ2n) is 8.02. The van der Waals surface area contributed by atoms with Crippen LogP contribution in [0.4, 0.5) is 5.13 Å². The summed E-state index contributed by atoms with van der Waals surface area (Å²) in [6.45, 7) is 6.08. The molecule has 0 aliphatic heterocycles. The van der Waals surface area contributed by atoms with Crippen molar-refractivity contribution in [3.05, 3.63) is 61.5 Å². The number of fused-ring (bicyclic) bond motifs is 1. The van der Waals surface area contributed by atoms with Gasteiger partial charge in [-0.05, 0) is 24.5 Å². The summed E-state index contributed by atoms with van der Waals surface area (Å²) >= 11 is 1.19. The van der Waals surface area contributed by atoms with Gasteiger partial charge in [0.1, 0.15) is 5.69 Å². The third kappa shape index (κ3) is 4.27. The van der Waals surface area contributed by atoms with Crippen LogP contribution in [-0.2, 0) is 6.54 Å². The molecule has 0 fully saturated rings. The van der Waals surface area contributed by atoms with Crippen molar-refractivity contribution in [3.63, 3.8) is 0 Å². The molecule has 5 N–H and O–H groups in total. The van der Waals surface area contributed by atoms with Gasteiger partial charge in [0.05, 0.1) is 16.6 Å². The lowest BCUT2D eigenvalue weighted by Crippen LogP contribution is -2.32. The lowest BCUT2D eigenvalue weighted by molar-refractivity contribution is 0.0994. The van der Waals surface area contributed by atoms with E-state index in [0.29, 0.717) is 35.0 Å². The topological polar surface area (TPSA) is 169 Å². The molecule has 0 unspecified atom stereocenters. The fraction of sp³-hybridized carbons (Fsp3) is 0.273. The SMILES string of the molecule is CCCn1c(=O)[nH]c(=O)c2c(C(=O)Nc3nc(-c4c[nH]c(C(N)=O)c4)cs3)cc(C(C)C)nc21. The van der Waals surface area contributed by atoms with E-state index in [0.717, 1.165) is 0 Å². The summed E-state index contributed by atoms with van der Waals surface area (Å²) in [4.78, 5) is 63.7. The van der Waals surface area contributed by atoms with Crippen LogP contribution < -0.4 is 22.3 Å². The Labute approximate surface area is 197 Å². The number of hydrogen-bond acceptors (Lipinski definition) is 7. The monoisotopic (exact) mass is 481 g/mol. The van der Waals surface area contributed by atoms with E-state index in [9.17, 15) is 19.2 Å². The normalized spacial score (nSPS) is 11.3. The molecule has 12 heteroatoms. The van der Waals surface area contributed by atoms with Crippen molar-refractivity contribution in [2.24, 2.45) is 5.73 Å². The molecule has 4 aromatic rings. The molecule has 4 heterocycles. The number of anilines is 1. The van der Waals surface area contributed by atoms with E-state index < -0.39 is 23.1 Å². The number of primary amides is 1. The van der Waals surface area contributed by atoms with E-state index in [2.05, 4.69) is 25.3 Å². The summed E-state index contributed by atoms with van der Waals surface area (Å²) in [5.74, 6) is -1.18. The fourth-order valence-electron chi connectivity index (χ4n) is 3.51. The summed E-state index contributed by atoms with van der Waals surface area (Å²) in [5.41, 5.74) is 6.33. The summed E-state index contributed by atoms with van der Waals surface area (Å²) in [7, 11) is 0. The van der Waals surface area contributed by atoms with Gasteiger partial charge < -0.3 is 10.7 Å². The maximum Gasteiger partial charge on any atom is 0.329 e. The molecule has 0 aromatic carbocycles. The standard InChI is InChI=1S/C22H23N7O4S/c1-4-5-29-18-16(20(32)28-22(29)33)12(7-13(25-18)10(2)3)19(31)27-21-26-15(9-34-21)11-6-14(17(23)30)24-8-11/h6-10,24H,4-5H2,1-3H3,(H2,23,30)(H,26,27,31)(H,28,32,33). The lowest BCUT2D eigenvalue weighted by Gasteiger charge is -2.14. The third-order valence-corrected chi connectivity index (χ3v) is 5.98. The van der Waals surface area contributed by atoms with Gasteiger partial charge in [-0.1, -0.05) is 20.8 Å². The number of rotatable bonds is 7. The quantitative estimate of drug-likeness (QED) is 0.316. The Bertz CT molecular complexity index is 1530. The molecule has 0 aliphatic rings. The number of aromatic nitrogens is 5. The zero-order valence-corrected chi connectivity index (χ0v) is 19.6. The van der Waals surface area contributed by atoms with Crippen LogP contribution in [0.1, 0.15) is 59.7 Å². The van der Waals surface area contributed by atoms with E-state index in [1.165, 1.54) is 15.9 Å². The number of carbonyl (C=O) groups is 2. The first kappa shape index (κ1) is 23.1. The summed E-state index contributed by atoms with van der Waals surface area (Å²) in [5, 5.41) is 4.80. The minimum Gasteiger partial charge on any atom is -0.364 e. The highest BCUT2D eigenvalue weighted by atomic mass is 32.1. The molecule has 0 saturated heterocycles. The second-order valence-corrected chi connectivity index (χ2v) is 8.88. The number of amides is 2. The highest BCUT2D eigenvalue weighted by Gasteiger charge is 2.21. The predicted octanol–water partition coefficient (Wildman–Crippen LogP) is 2.42. The van der Waals surface area contributed by atoms with Gasteiger partial charge in [0, 0.05) is 29.4 Å². The average Bonchev–Trinajstić information content (AvgIpc) is 3.45. The molecule has 4 aromatic heterocycles. The maximum absolute atomic E-state index is 13.3. The van der Waals surface area contributed by atoms with E-state index in [-0.39, 0.29) is 28.2 Å². The zero-order valence-electron chi connectivity index (χ0n) is 18.8. The Kier molecular flexibility index (Phi) is 6.16. The number of carbonyl (C=O) groups excluding carboxylic acids is 2. The fourth-order valence-corrected chi connectivity index (χ4v) is 4.23. The molecule has 11 nitrogen and oxygen atoms in total. The van der Waals surface area contributed by atoms with Crippen LogP contribution in [0.25, 0.3) is 22.3 Å². The van der Waals surface area contributed by atoms with Gasteiger partial charge in [-0.15, -0.1) is 11.3 Å². The van der Waals surface area contributed by atoms with E-state index in [1.54, 1.807) is 23.7 Å². The Balaban J connectivity index is 1.76. The molecule has 0 radical (unpaired) electrons. The number of nitrogens with one attached hydrogen (secondary N) is 3. The molecule has 176 valence electrons. The number of hydrogen-bond donors (Lipinski definition) is 4. The predicted molar refractivity (Wildman–Crippen MR) is 129 cm³/mol. The van der Waals surface area contributed by atoms with Gasteiger partial charge >= 0.3 is 5.69 Å². The molecule has 0 saturated carbocycles. The molecule has 0 spiro atoms. The molecule has 2 amide bonds. The molecule has 34 heavy (non-hydrogen) atoms. The summed E-state index contributed by atoms with van der Waals surface area (Å²) in [6, 6.07) is 3.14. The lowest BCUT2D eigenvalue weighted by atomic mass is 10.0. The van der Waals surface area contributed by atoms with Gasteiger partial charge in [-0.2, -0.15) is 0 Å². The zero-order chi connectivity index (χ0) is 24.6. The van der Waals surface area contributed by atoms with E-state index in [4.69, 9.17) is 5.73 Å². The first-order chi connectivity index (χ1) is 16.2. The van der Waals surface area contributed by atoms with Crippen LogP contribution in [0.15, 0.2) is 33.3 Å². The second kappa shape index (κ2) is 9.06. The summed E-state index contributed by atoms with van der Waals surface area (Å²) < 4.78 is 1.38. The number of pyridine rings is 1.